The SMILES string of the molecule is O=P([O-])([O-])CCP(=O)([O-])[O-].[Li+].[Li+].[Li+].[Li+]. The van der Waals surface area contributed by atoms with Crippen molar-refractivity contribution in [3.05, 3.63) is 0 Å². The zero-order chi connectivity index (χ0) is 8.41. The Morgan fingerprint density at radius 1 is 0.643 bits per heavy atom. The third kappa shape index (κ3) is 29.3. The fourth-order valence-corrected chi connectivity index (χ4v) is 2.20. The first-order chi connectivity index (χ1) is 4.21. The van der Waals surface area contributed by atoms with Crippen LogP contribution in [0.2, 0.25) is 0 Å². The van der Waals surface area contributed by atoms with Crippen LogP contribution in [-0.2, 0) is 9.13 Å². The summed E-state index contributed by atoms with van der Waals surface area (Å²) in [6.45, 7) is 0. The minimum absolute atomic E-state index is 0. The molecule has 6 nitrogen and oxygen atoms in total. The molecule has 0 spiro atoms. The van der Waals surface area contributed by atoms with Gasteiger partial charge in [0.2, 0.25) is 0 Å². The normalized spacial score (nSPS) is 9.71. The monoisotopic (exact) mass is 214 g/mol. The van der Waals surface area contributed by atoms with Crippen LogP contribution in [0.25, 0.3) is 0 Å². The summed E-state index contributed by atoms with van der Waals surface area (Å²) < 4.78 is 19.5. The average molecular weight is 214 g/mol. The summed E-state index contributed by atoms with van der Waals surface area (Å²) in [5, 5.41) is 0. The molecule has 0 aliphatic heterocycles. The maximum absolute atomic E-state index is 9.75. The molecule has 0 atom stereocenters. The maximum Gasteiger partial charge on any atom is 1.00 e. The van der Waals surface area contributed by atoms with Crippen LogP contribution in [0, 0.1) is 0 Å². The molecule has 62 valence electrons. The van der Waals surface area contributed by atoms with E-state index in [1.807, 2.05) is 0 Å². The summed E-state index contributed by atoms with van der Waals surface area (Å²) in [4.78, 5) is 39.0. The molecule has 0 bridgehead atoms. The van der Waals surface area contributed by atoms with Crippen LogP contribution < -0.4 is 95.0 Å². The van der Waals surface area contributed by atoms with Crippen molar-refractivity contribution < 1.29 is 104 Å². The second kappa shape index (κ2) is 12.2. The van der Waals surface area contributed by atoms with Gasteiger partial charge in [0.15, 0.2) is 0 Å². The van der Waals surface area contributed by atoms with Crippen LogP contribution in [0.1, 0.15) is 0 Å². The fraction of sp³-hybridized carbons (Fsp3) is 1.00. The van der Waals surface area contributed by atoms with Crippen LogP contribution in [0.5, 0.6) is 0 Å². The predicted molar refractivity (Wildman–Crippen MR) is 24.9 cm³/mol. The molecule has 14 heavy (non-hydrogen) atoms. The molecule has 0 rings (SSSR count). The van der Waals surface area contributed by atoms with Crippen molar-refractivity contribution in [3.63, 3.8) is 0 Å². The minimum atomic E-state index is -4.83. The Kier molecular flexibility index (Phi) is 26.1. The van der Waals surface area contributed by atoms with E-state index in [0.717, 1.165) is 0 Å². The van der Waals surface area contributed by atoms with Crippen molar-refractivity contribution in [2.45, 2.75) is 0 Å². The van der Waals surface area contributed by atoms with E-state index in [2.05, 4.69) is 0 Å². The maximum atomic E-state index is 9.75. The Hall–Kier alpha value is 2.69. The summed E-state index contributed by atoms with van der Waals surface area (Å²) in [5.74, 6) is 0. The molecule has 0 unspecified atom stereocenters. The number of rotatable bonds is 3. The standard InChI is InChI=1S/C2H8O6P2.4Li/c3-9(4,5)1-2-10(6,7)8;;;;/h1-2H2,(H2,3,4,5)(H2,6,7,8);;;;/q;4*+1/p-4. The molecule has 0 aliphatic rings. The molecule has 0 aromatic carbocycles. The van der Waals surface area contributed by atoms with Crippen LogP contribution in [0.3, 0.4) is 0 Å². The van der Waals surface area contributed by atoms with E-state index in [9.17, 15) is 28.7 Å². The second-order valence-electron chi connectivity index (χ2n) is 1.67. The van der Waals surface area contributed by atoms with E-state index in [1.54, 1.807) is 0 Å². The van der Waals surface area contributed by atoms with E-state index in [0.29, 0.717) is 0 Å². The van der Waals surface area contributed by atoms with E-state index in [4.69, 9.17) is 0 Å². The summed E-state index contributed by atoms with van der Waals surface area (Å²) >= 11 is 0. The van der Waals surface area contributed by atoms with E-state index < -0.39 is 27.5 Å². The van der Waals surface area contributed by atoms with Crippen molar-refractivity contribution >= 4 is 15.2 Å². The fourth-order valence-electron chi connectivity index (χ4n) is 0.245. The molecular weight excluding hydrogens is 210 g/mol. The summed E-state index contributed by atoms with van der Waals surface area (Å²) in [5.41, 5.74) is 0. The van der Waals surface area contributed by atoms with Gasteiger partial charge in [-0.2, -0.15) is 0 Å². The summed E-state index contributed by atoms with van der Waals surface area (Å²) in [6, 6.07) is 0. The Balaban J connectivity index is -0.0000000675. The van der Waals surface area contributed by atoms with E-state index >= 15 is 0 Å². The smallest absolute Gasteiger partial charge is 0.811 e. The van der Waals surface area contributed by atoms with Crippen molar-refractivity contribution in [2.75, 3.05) is 12.3 Å². The third-order valence-electron chi connectivity index (χ3n) is 0.648. The zero-order valence-electron chi connectivity index (χ0n) is 8.76. The van der Waals surface area contributed by atoms with Gasteiger partial charge < -0.3 is 28.7 Å². The quantitative estimate of drug-likeness (QED) is 0.339. The van der Waals surface area contributed by atoms with Gasteiger partial charge in [-0.1, -0.05) is 15.2 Å². The molecule has 0 amide bonds. The van der Waals surface area contributed by atoms with Gasteiger partial charge in [-0.15, -0.1) is 0 Å². The van der Waals surface area contributed by atoms with Crippen LogP contribution in [0.15, 0.2) is 0 Å². The first-order valence-electron chi connectivity index (χ1n) is 2.23. The Labute approximate surface area is 130 Å². The molecule has 0 heterocycles. The molecule has 0 saturated heterocycles. The van der Waals surface area contributed by atoms with Gasteiger partial charge in [-0.05, 0) is 12.3 Å². The van der Waals surface area contributed by atoms with Gasteiger partial charge in [0.25, 0.3) is 0 Å². The first-order valence-corrected chi connectivity index (χ1v) is 5.68. The Bertz CT molecular complexity index is 176. The topological polar surface area (TPSA) is 126 Å². The first kappa shape index (κ1) is 30.1. The van der Waals surface area contributed by atoms with Crippen LogP contribution in [0.4, 0.5) is 0 Å². The molecule has 12 heteroatoms. The molecule has 0 aromatic heterocycles. The zero-order valence-corrected chi connectivity index (χ0v) is 10.5. The average Bonchev–Trinajstić information content (AvgIpc) is 1.57. The van der Waals surface area contributed by atoms with Crippen molar-refractivity contribution in [1.82, 2.24) is 0 Å². The van der Waals surface area contributed by atoms with E-state index in [1.165, 1.54) is 0 Å². The Morgan fingerprint density at radius 2 is 0.786 bits per heavy atom. The molecule has 0 radical (unpaired) electrons. The van der Waals surface area contributed by atoms with E-state index in [-0.39, 0.29) is 75.4 Å². The summed E-state index contributed by atoms with van der Waals surface area (Å²) in [6.07, 6.45) is -2.23. The van der Waals surface area contributed by atoms with Gasteiger partial charge in [0.1, 0.15) is 0 Å². The minimum Gasteiger partial charge on any atom is -0.811 e. The number of hydrogen-bond acceptors (Lipinski definition) is 6. The van der Waals surface area contributed by atoms with Crippen molar-refractivity contribution in [1.29, 1.82) is 0 Å². The number of hydrogen-bond donors (Lipinski definition) is 0. The van der Waals surface area contributed by atoms with Gasteiger partial charge in [0.05, 0.1) is 0 Å². The van der Waals surface area contributed by atoms with Crippen LogP contribution >= 0.6 is 15.2 Å². The molecule has 0 saturated carbocycles. The molecular formula is C2H4Li4O6P2. The van der Waals surface area contributed by atoms with Gasteiger partial charge in [0, 0.05) is 0 Å². The molecule has 0 aromatic rings. The van der Waals surface area contributed by atoms with Crippen molar-refractivity contribution in [3.8, 4) is 0 Å². The van der Waals surface area contributed by atoms with Gasteiger partial charge >= 0.3 is 75.4 Å². The molecule has 0 N–H and O–H groups in total. The van der Waals surface area contributed by atoms with Gasteiger partial charge in [-0.3, -0.25) is 0 Å². The third-order valence-corrected chi connectivity index (χ3v) is 2.54. The molecule has 0 aliphatic carbocycles. The van der Waals surface area contributed by atoms with Crippen LogP contribution in [-0.4, -0.2) is 12.3 Å². The second-order valence-corrected chi connectivity index (χ2v) is 5.01. The van der Waals surface area contributed by atoms with Gasteiger partial charge in [-0.25, -0.2) is 0 Å². The molecule has 0 fully saturated rings. The largest absolute Gasteiger partial charge is 1.00 e. The summed E-state index contributed by atoms with van der Waals surface area (Å²) in [7, 11) is -9.67. The van der Waals surface area contributed by atoms with Crippen molar-refractivity contribution in [2.24, 2.45) is 0 Å². The predicted octanol–water partition coefficient (Wildman–Crippen LogP) is -15.2. The Morgan fingerprint density at radius 3 is 0.857 bits per heavy atom.